The molecule has 0 radical (unpaired) electrons. The molecule has 3 N–H and O–H groups in total. The van der Waals surface area contributed by atoms with Gasteiger partial charge in [0, 0.05) is 16.2 Å². The summed E-state index contributed by atoms with van der Waals surface area (Å²) < 4.78 is 0.963. The van der Waals surface area contributed by atoms with Crippen molar-refractivity contribution in [3.8, 4) is 0 Å². The first kappa shape index (κ1) is 18.5. The fourth-order valence-corrected chi connectivity index (χ4v) is 3.78. The summed E-state index contributed by atoms with van der Waals surface area (Å²) >= 11 is 3.46. The minimum absolute atomic E-state index is 0.166. The number of carboxylic acid groups (broad SMARTS) is 1. The van der Waals surface area contributed by atoms with Gasteiger partial charge in [0.1, 0.15) is 17.4 Å². The van der Waals surface area contributed by atoms with E-state index in [9.17, 15) is 4.79 Å². The van der Waals surface area contributed by atoms with E-state index in [2.05, 4.69) is 46.5 Å². The van der Waals surface area contributed by atoms with E-state index in [4.69, 9.17) is 5.11 Å². The van der Waals surface area contributed by atoms with E-state index in [-0.39, 0.29) is 12.0 Å². The number of nitrogens with one attached hydrogen (secondary N) is 2. The molecule has 2 heterocycles. The molecule has 1 aliphatic carbocycles. The minimum Gasteiger partial charge on any atom is -0.481 e. The molecule has 8 nitrogen and oxygen atoms in total. The van der Waals surface area contributed by atoms with Crippen LogP contribution in [0.4, 0.5) is 17.5 Å². The number of halogens is 1. The van der Waals surface area contributed by atoms with Crippen molar-refractivity contribution in [3.63, 3.8) is 0 Å². The maximum absolute atomic E-state index is 11.1. The number of rotatable bonds is 5. The number of benzene rings is 1. The van der Waals surface area contributed by atoms with Crippen molar-refractivity contribution in [2.75, 3.05) is 10.6 Å². The van der Waals surface area contributed by atoms with Crippen LogP contribution in [0.15, 0.2) is 41.3 Å². The Bertz CT molecular complexity index is 1010. The summed E-state index contributed by atoms with van der Waals surface area (Å²) in [6.07, 6.45) is 6.05. The van der Waals surface area contributed by atoms with Crippen LogP contribution in [0, 0.1) is 5.92 Å². The third-order valence-electron chi connectivity index (χ3n) is 4.87. The fraction of sp³-hybridized carbons (Fsp3) is 0.316. The summed E-state index contributed by atoms with van der Waals surface area (Å²) in [6.45, 7) is 0. The monoisotopic (exact) mass is 442 g/mol. The van der Waals surface area contributed by atoms with E-state index in [0.717, 1.165) is 23.0 Å². The molecular weight excluding hydrogens is 424 g/mol. The van der Waals surface area contributed by atoms with Crippen LogP contribution in [0.2, 0.25) is 0 Å². The molecule has 0 unspecified atom stereocenters. The number of carboxylic acids is 1. The Morgan fingerprint density at radius 1 is 1.14 bits per heavy atom. The van der Waals surface area contributed by atoms with Gasteiger partial charge < -0.3 is 15.7 Å². The minimum atomic E-state index is -0.708. The van der Waals surface area contributed by atoms with Crippen molar-refractivity contribution < 1.29 is 9.90 Å². The summed E-state index contributed by atoms with van der Waals surface area (Å²) in [5.74, 6) is 0.146. The number of carbonyl (C=O) groups is 1. The quantitative estimate of drug-likeness (QED) is 0.543. The molecular formula is C19H19BrN6O2. The SMILES string of the molecule is O=C(O)[C@H]1CC[C@H](Nc2ncc3ncnc(Nc4cccc(Br)c4)c3n2)CC1. The number of hydrogen-bond donors (Lipinski definition) is 3. The van der Waals surface area contributed by atoms with Gasteiger partial charge in [-0.05, 0) is 43.9 Å². The first-order valence-corrected chi connectivity index (χ1v) is 9.87. The number of hydrogen-bond acceptors (Lipinski definition) is 7. The Morgan fingerprint density at radius 3 is 2.71 bits per heavy atom. The smallest absolute Gasteiger partial charge is 0.306 e. The summed E-state index contributed by atoms with van der Waals surface area (Å²) in [5, 5.41) is 15.7. The summed E-state index contributed by atoms with van der Waals surface area (Å²) in [7, 11) is 0. The van der Waals surface area contributed by atoms with Gasteiger partial charge in [0.25, 0.3) is 0 Å². The van der Waals surface area contributed by atoms with E-state index >= 15 is 0 Å². The summed E-state index contributed by atoms with van der Waals surface area (Å²) in [4.78, 5) is 28.6. The zero-order valence-corrected chi connectivity index (χ0v) is 16.6. The molecule has 2 aromatic heterocycles. The average Bonchev–Trinajstić information content (AvgIpc) is 2.69. The van der Waals surface area contributed by atoms with Crippen LogP contribution in [0.25, 0.3) is 11.0 Å². The zero-order chi connectivity index (χ0) is 19.5. The average molecular weight is 443 g/mol. The van der Waals surface area contributed by atoms with E-state index < -0.39 is 5.97 Å². The Kier molecular flexibility index (Phi) is 5.34. The van der Waals surface area contributed by atoms with Crippen molar-refractivity contribution >= 4 is 50.4 Å². The van der Waals surface area contributed by atoms with E-state index in [0.29, 0.717) is 35.6 Å². The van der Waals surface area contributed by atoms with Crippen molar-refractivity contribution in [2.24, 2.45) is 5.92 Å². The lowest BCUT2D eigenvalue weighted by atomic mass is 9.86. The summed E-state index contributed by atoms with van der Waals surface area (Å²) in [6, 6.07) is 7.95. The molecule has 9 heteroatoms. The first-order valence-electron chi connectivity index (χ1n) is 9.08. The van der Waals surface area contributed by atoms with E-state index in [1.807, 2.05) is 24.3 Å². The van der Waals surface area contributed by atoms with Crippen LogP contribution in [0.5, 0.6) is 0 Å². The van der Waals surface area contributed by atoms with E-state index in [1.165, 1.54) is 6.33 Å². The Balaban J connectivity index is 1.54. The van der Waals surface area contributed by atoms with Gasteiger partial charge in [-0.15, -0.1) is 0 Å². The highest BCUT2D eigenvalue weighted by molar-refractivity contribution is 9.10. The third kappa shape index (κ3) is 4.19. The van der Waals surface area contributed by atoms with Crippen LogP contribution < -0.4 is 10.6 Å². The molecule has 4 rings (SSSR count). The Morgan fingerprint density at radius 2 is 1.96 bits per heavy atom. The maximum Gasteiger partial charge on any atom is 0.306 e. The number of fused-ring (bicyclic) bond motifs is 1. The molecule has 1 aliphatic rings. The predicted molar refractivity (Wildman–Crippen MR) is 110 cm³/mol. The topological polar surface area (TPSA) is 113 Å². The molecule has 3 aromatic rings. The zero-order valence-electron chi connectivity index (χ0n) is 15.0. The van der Waals surface area contributed by atoms with Gasteiger partial charge in [-0.3, -0.25) is 4.79 Å². The molecule has 0 amide bonds. The Labute approximate surface area is 170 Å². The second-order valence-electron chi connectivity index (χ2n) is 6.82. The van der Waals surface area contributed by atoms with Crippen LogP contribution in [-0.4, -0.2) is 37.1 Å². The lowest BCUT2D eigenvalue weighted by Crippen LogP contribution is -2.29. The largest absolute Gasteiger partial charge is 0.481 e. The van der Waals surface area contributed by atoms with Crippen LogP contribution in [0.3, 0.4) is 0 Å². The third-order valence-corrected chi connectivity index (χ3v) is 5.37. The molecule has 144 valence electrons. The number of aromatic nitrogens is 4. The lowest BCUT2D eigenvalue weighted by Gasteiger charge is -2.26. The van der Waals surface area contributed by atoms with Crippen molar-refractivity contribution in [1.82, 2.24) is 19.9 Å². The second kappa shape index (κ2) is 8.05. The number of anilines is 3. The van der Waals surface area contributed by atoms with Gasteiger partial charge in [-0.25, -0.2) is 19.9 Å². The van der Waals surface area contributed by atoms with Crippen LogP contribution in [-0.2, 0) is 4.79 Å². The van der Waals surface area contributed by atoms with Gasteiger partial charge in [-0.1, -0.05) is 22.0 Å². The molecule has 0 atom stereocenters. The van der Waals surface area contributed by atoms with Crippen molar-refractivity contribution in [1.29, 1.82) is 0 Å². The molecule has 1 saturated carbocycles. The summed E-state index contributed by atoms with van der Waals surface area (Å²) in [5.41, 5.74) is 2.15. The molecule has 1 aromatic carbocycles. The molecule has 1 fully saturated rings. The number of aliphatic carboxylic acids is 1. The standard InChI is InChI=1S/C19H19BrN6O2/c20-12-2-1-3-14(8-12)24-17-16-15(22-10-23-17)9-21-19(26-16)25-13-6-4-11(5-7-13)18(27)28/h1-3,8-11,13H,4-7H2,(H,27,28)(H,21,25,26)(H,22,23,24)/t11-,13-. The van der Waals surface area contributed by atoms with E-state index in [1.54, 1.807) is 6.20 Å². The fourth-order valence-electron chi connectivity index (χ4n) is 3.39. The van der Waals surface area contributed by atoms with Gasteiger partial charge in [0.2, 0.25) is 5.95 Å². The maximum atomic E-state index is 11.1. The van der Waals surface area contributed by atoms with Crippen molar-refractivity contribution in [3.05, 3.63) is 41.3 Å². The van der Waals surface area contributed by atoms with Gasteiger partial charge in [-0.2, -0.15) is 0 Å². The molecule has 0 bridgehead atoms. The first-order chi connectivity index (χ1) is 13.6. The van der Waals surface area contributed by atoms with Crippen LogP contribution >= 0.6 is 15.9 Å². The molecule has 0 aliphatic heterocycles. The highest BCUT2D eigenvalue weighted by atomic mass is 79.9. The van der Waals surface area contributed by atoms with Crippen LogP contribution in [0.1, 0.15) is 25.7 Å². The van der Waals surface area contributed by atoms with Gasteiger partial charge in [0.15, 0.2) is 5.82 Å². The number of nitrogens with zero attached hydrogens (tertiary/aromatic N) is 4. The Hall–Kier alpha value is -2.81. The molecule has 28 heavy (non-hydrogen) atoms. The van der Waals surface area contributed by atoms with Crippen molar-refractivity contribution in [2.45, 2.75) is 31.7 Å². The molecule has 0 spiro atoms. The normalized spacial score (nSPS) is 19.3. The van der Waals surface area contributed by atoms with Gasteiger partial charge in [0.05, 0.1) is 12.1 Å². The predicted octanol–water partition coefficient (Wildman–Crippen LogP) is 3.98. The molecule has 0 saturated heterocycles. The second-order valence-corrected chi connectivity index (χ2v) is 7.73. The highest BCUT2D eigenvalue weighted by Crippen LogP contribution is 2.27. The van der Waals surface area contributed by atoms with Gasteiger partial charge >= 0.3 is 5.97 Å². The lowest BCUT2D eigenvalue weighted by molar-refractivity contribution is -0.142. The highest BCUT2D eigenvalue weighted by Gasteiger charge is 2.26.